The molecule has 0 saturated carbocycles. The summed E-state index contributed by atoms with van der Waals surface area (Å²) in [5.41, 5.74) is 2.19. The fourth-order valence-corrected chi connectivity index (χ4v) is 2.54. The van der Waals surface area contributed by atoms with E-state index in [1.165, 1.54) is 12.3 Å². The highest BCUT2D eigenvalue weighted by atomic mass is 16.5. The van der Waals surface area contributed by atoms with Crippen LogP contribution in [0.15, 0.2) is 35.1 Å². The van der Waals surface area contributed by atoms with Crippen molar-refractivity contribution in [3.8, 4) is 5.75 Å². The zero-order chi connectivity index (χ0) is 13.2. The number of phenols is 1. The van der Waals surface area contributed by atoms with E-state index < -0.39 is 0 Å². The minimum absolute atomic E-state index is 0.0833. The average Bonchev–Trinajstić information content (AvgIpc) is 2.94. The Kier molecular flexibility index (Phi) is 2.95. The van der Waals surface area contributed by atoms with Gasteiger partial charge in [-0.15, -0.1) is 0 Å². The predicted molar refractivity (Wildman–Crippen MR) is 67.8 cm³/mol. The van der Waals surface area contributed by atoms with Gasteiger partial charge in [0.25, 0.3) is 5.91 Å². The molecule has 0 radical (unpaired) electrons. The Morgan fingerprint density at radius 3 is 3.11 bits per heavy atom. The Labute approximate surface area is 110 Å². The van der Waals surface area contributed by atoms with Crippen LogP contribution in [0, 0.1) is 0 Å². The number of benzene rings is 1. The molecule has 2 N–H and O–H groups in total. The monoisotopic (exact) mass is 258 g/mol. The number of nitrogens with one attached hydrogen (secondary N) is 1. The van der Waals surface area contributed by atoms with Crippen LogP contribution in [0.2, 0.25) is 0 Å². The summed E-state index contributed by atoms with van der Waals surface area (Å²) >= 11 is 0. The molecule has 1 heterocycles. The molecule has 5 heteroatoms. The van der Waals surface area contributed by atoms with E-state index in [0.717, 1.165) is 30.4 Å². The third-order valence-electron chi connectivity index (χ3n) is 3.46. The standard InChI is InChI=1S/C14H14N2O3/c17-13-6-2-3-9-10(13)4-1-5-11(9)15-14(18)12-7-8-19-16-12/h2-3,6-8,11,17H,1,4-5H2,(H,15,18)/t11-/m0/s1. The van der Waals surface area contributed by atoms with Crippen molar-refractivity contribution in [3.63, 3.8) is 0 Å². The third kappa shape index (κ3) is 2.19. The minimum atomic E-state index is -0.255. The highest BCUT2D eigenvalue weighted by Gasteiger charge is 2.24. The summed E-state index contributed by atoms with van der Waals surface area (Å²) in [6.45, 7) is 0. The summed E-state index contributed by atoms with van der Waals surface area (Å²) in [7, 11) is 0. The molecule has 5 nitrogen and oxygen atoms in total. The van der Waals surface area contributed by atoms with Gasteiger partial charge in [-0.2, -0.15) is 0 Å². The number of amides is 1. The second kappa shape index (κ2) is 4.76. The van der Waals surface area contributed by atoms with Gasteiger partial charge in [0, 0.05) is 6.07 Å². The molecule has 1 aliphatic carbocycles. The maximum absolute atomic E-state index is 12.0. The summed E-state index contributed by atoms with van der Waals surface area (Å²) in [5, 5.41) is 16.4. The van der Waals surface area contributed by atoms with E-state index >= 15 is 0 Å². The number of carbonyl (C=O) groups is 1. The van der Waals surface area contributed by atoms with E-state index in [1.54, 1.807) is 12.1 Å². The van der Waals surface area contributed by atoms with Crippen molar-refractivity contribution in [3.05, 3.63) is 47.3 Å². The van der Waals surface area contributed by atoms with Gasteiger partial charge in [0.2, 0.25) is 0 Å². The number of nitrogens with zero attached hydrogens (tertiary/aromatic N) is 1. The number of aromatic hydroxyl groups is 1. The summed E-state index contributed by atoms with van der Waals surface area (Å²) in [5.74, 6) is 0.0489. The molecule has 0 unspecified atom stereocenters. The molecule has 1 atom stereocenters. The smallest absolute Gasteiger partial charge is 0.273 e. The van der Waals surface area contributed by atoms with Gasteiger partial charge in [0.1, 0.15) is 12.0 Å². The first-order valence-corrected chi connectivity index (χ1v) is 6.27. The maximum Gasteiger partial charge on any atom is 0.273 e. The van der Waals surface area contributed by atoms with Crippen molar-refractivity contribution < 1.29 is 14.4 Å². The van der Waals surface area contributed by atoms with Crippen LogP contribution in [0.3, 0.4) is 0 Å². The van der Waals surface area contributed by atoms with Gasteiger partial charge in [-0.25, -0.2) is 0 Å². The Hall–Kier alpha value is -2.30. The number of aromatic nitrogens is 1. The van der Waals surface area contributed by atoms with Gasteiger partial charge >= 0.3 is 0 Å². The third-order valence-corrected chi connectivity index (χ3v) is 3.46. The van der Waals surface area contributed by atoms with E-state index in [9.17, 15) is 9.90 Å². The predicted octanol–water partition coefficient (Wildman–Crippen LogP) is 2.19. The molecular formula is C14H14N2O3. The molecule has 3 rings (SSSR count). The first-order chi connectivity index (χ1) is 9.25. The Morgan fingerprint density at radius 1 is 1.42 bits per heavy atom. The number of fused-ring (bicyclic) bond motifs is 1. The molecule has 19 heavy (non-hydrogen) atoms. The van der Waals surface area contributed by atoms with Crippen molar-refractivity contribution in [2.45, 2.75) is 25.3 Å². The number of carbonyl (C=O) groups excluding carboxylic acids is 1. The second-order valence-corrected chi connectivity index (χ2v) is 4.65. The summed E-state index contributed by atoms with van der Waals surface area (Å²) in [6.07, 6.45) is 4.02. The molecule has 0 bridgehead atoms. The molecule has 1 amide bonds. The molecule has 1 aliphatic rings. The lowest BCUT2D eigenvalue weighted by Gasteiger charge is -2.26. The molecule has 2 aromatic rings. The lowest BCUT2D eigenvalue weighted by atomic mass is 9.87. The van der Waals surface area contributed by atoms with Gasteiger partial charge in [-0.1, -0.05) is 17.3 Å². The highest BCUT2D eigenvalue weighted by Crippen LogP contribution is 2.34. The van der Waals surface area contributed by atoms with Crippen LogP contribution in [0.1, 0.15) is 40.5 Å². The zero-order valence-corrected chi connectivity index (χ0v) is 10.3. The van der Waals surface area contributed by atoms with Crippen LogP contribution in [0.5, 0.6) is 5.75 Å². The Balaban J connectivity index is 1.84. The first-order valence-electron chi connectivity index (χ1n) is 6.27. The molecule has 0 fully saturated rings. The van der Waals surface area contributed by atoms with Crippen LogP contribution in [-0.4, -0.2) is 16.2 Å². The highest BCUT2D eigenvalue weighted by molar-refractivity contribution is 5.92. The first kappa shape index (κ1) is 11.8. The van der Waals surface area contributed by atoms with Crippen LogP contribution in [0.25, 0.3) is 0 Å². The van der Waals surface area contributed by atoms with E-state index in [2.05, 4.69) is 15.0 Å². The largest absolute Gasteiger partial charge is 0.508 e. The van der Waals surface area contributed by atoms with E-state index in [-0.39, 0.29) is 17.6 Å². The zero-order valence-electron chi connectivity index (χ0n) is 10.3. The van der Waals surface area contributed by atoms with Crippen molar-refractivity contribution in [2.75, 3.05) is 0 Å². The van der Waals surface area contributed by atoms with Gasteiger partial charge in [-0.05, 0) is 36.5 Å². The fourth-order valence-electron chi connectivity index (χ4n) is 2.54. The van der Waals surface area contributed by atoms with Crippen molar-refractivity contribution in [1.29, 1.82) is 0 Å². The Morgan fingerprint density at radius 2 is 2.32 bits per heavy atom. The van der Waals surface area contributed by atoms with E-state index in [0.29, 0.717) is 5.75 Å². The number of rotatable bonds is 2. The summed E-state index contributed by atoms with van der Waals surface area (Å²) in [6, 6.07) is 6.87. The maximum atomic E-state index is 12.0. The second-order valence-electron chi connectivity index (χ2n) is 4.65. The summed E-state index contributed by atoms with van der Waals surface area (Å²) in [4.78, 5) is 12.0. The molecule has 0 saturated heterocycles. The van der Waals surface area contributed by atoms with Crippen LogP contribution in [0.4, 0.5) is 0 Å². The molecular weight excluding hydrogens is 244 g/mol. The molecule has 0 aliphatic heterocycles. The van der Waals surface area contributed by atoms with Crippen LogP contribution in [-0.2, 0) is 6.42 Å². The number of hydrogen-bond acceptors (Lipinski definition) is 4. The van der Waals surface area contributed by atoms with E-state index in [4.69, 9.17) is 0 Å². The molecule has 1 aromatic carbocycles. The van der Waals surface area contributed by atoms with Crippen molar-refractivity contribution >= 4 is 5.91 Å². The minimum Gasteiger partial charge on any atom is -0.508 e. The normalized spacial score (nSPS) is 17.8. The number of hydrogen-bond donors (Lipinski definition) is 2. The lowest BCUT2D eigenvalue weighted by molar-refractivity contribution is 0.0923. The van der Waals surface area contributed by atoms with Crippen molar-refractivity contribution in [1.82, 2.24) is 10.5 Å². The van der Waals surface area contributed by atoms with Crippen LogP contribution >= 0.6 is 0 Å². The van der Waals surface area contributed by atoms with Crippen LogP contribution < -0.4 is 5.32 Å². The topological polar surface area (TPSA) is 75.4 Å². The summed E-state index contributed by atoms with van der Waals surface area (Å²) < 4.78 is 4.66. The van der Waals surface area contributed by atoms with E-state index in [1.807, 2.05) is 6.07 Å². The van der Waals surface area contributed by atoms with Gasteiger partial charge in [0.15, 0.2) is 5.69 Å². The molecule has 1 aromatic heterocycles. The van der Waals surface area contributed by atoms with Gasteiger partial charge in [0.05, 0.1) is 6.04 Å². The number of phenolic OH excluding ortho intramolecular Hbond substituents is 1. The average molecular weight is 258 g/mol. The molecule has 98 valence electrons. The fraction of sp³-hybridized carbons (Fsp3) is 0.286. The molecule has 0 spiro atoms. The SMILES string of the molecule is O=C(N[C@H]1CCCc2c(O)cccc21)c1ccon1. The lowest BCUT2D eigenvalue weighted by Crippen LogP contribution is -2.31. The van der Waals surface area contributed by atoms with Gasteiger partial charge < -0.3 is 14.9 Å². The van der Waals surface area contributed by atoms with Gasteiger partial charge in [-0.3, -0.25) is 4.79 Å². The van der Waals surface area contributed by atoms with Crippen molar-refractivity contribution in [2.24, 2.45) is 0 Å². The Bertz CT molecular complexity index is 593. The quantitative estimate of drug-likeness (QED) is 0.865.